The second-order valence-electron chi connectivity index (χ2n) is 3.80. The number of primary sulfonamides is 1. The maximum Gasteiger partial charge on any atom is 0.335 e. The van der Waals surface area contributed by atoms with Gasteiger partial charge in [0.1, 0.15) is 5.52 Å². The zero-order chi connectivity index (χ0) is 14.0. The highest BCUT2D eigenvalue weighted by Gasteiger charge is 2.10. The monoisotopic (exact) mass is 285 g/mol. The number of aromatic carboxylic acids is 1. The molecule has 0 bridgehead atoms. The molecule has 19 heavy (non-hydrogen) atoms. The van der Waals surface area contributed by atoms with Gasteiger partial charge in [0, 0.05) is 6.54 Å². The first kappa shape index (κ1) is 13.3. The zero-order valence-electron chi connectivity index (χ0n) is 9.66. The standard InChI is InChI=1S/C10H11N3O5S/c11-19(16,17)4-3-12-10-13-7-2-1-6(9(14)15)5-8(7)18-10/h1-2,5H,3-4H2,(H,12,13)(H,14,15)(H2,11,16,17). The summed E-state index contributed by atoms with van der Waals surface area (Å²) in [5.74, 6) is -1.33. The quantitative estimate of drug-likeness (QED) is 0.715. The van der Waals surface area contributed by atoms with E-state index in [1.54, 1.807) is 0 Å². The average molecular weight is 285 g/mol. The Morgan fingerprint density at radius 3 is 2.84 bits per heavy atom. The van der Waals surface area contributed by atoms with Gasteiger partial charge < -0.3 is 14.8 Å². The van der Waals surface area contributed by atoms with Crippen LogP contribution in [-0.2, 0) is 10.0 Å². The fraction of sp³-hybridized carbons (Fsp3) is 0.200. The molecule has 0 radical (unpaired) electrons. The van der Waals surface area contributed by atoms with E-state index in [9.17, 15) is 13.2 Å². The normalized spacial score (nSPS) is 11.6. The minimum atomic E-state index is -3.55. The van der Waals surface area contributed by atoms with E-state index in [0.717, 1.165) is 0 Å². The van der Waals surface area contributed by atoms with E-state index in [2.05, 4.69) is 10.3 Å². The first-order valence-electron chi connectivity index (χ1n) is 5.23. The lowest BCUT2D eigenvalue weighted by Gasteiger charge is -1.98. The fourth-order valence-electron chi connectivity index (χ4n) is 1.43. The highest BCUT2D eigenvalue weighted by molar-refractivity contribution is 7.89. The van der Waals surface area contributed by atoms with Gasteiger partial charge in [0.25, 0.3) is 6.01 Å². The smallest absolute Gasteiger partial charge is 0.335 e. The third kappa shape index (κ3) is 3.42. The summed E-state index contributed by atoms with van der Waals surface area (Å²) in [5.41, 5.74) is 0.862. The van der Waals surface area contributed by atoms with E-state index < -0.39 is 16.0 Å². The van der Waals surface area contributed by atoms with E-state index in [1.807, 2.05) is 0 Å². The Labute approximate surface area is 108 Å². The molecule has 0 fully saturated rings. The summed E-state index contributed by atoms with van der Waals surface area (Å²) in [6.45, 7) is 0.0530. The number of nitrogens with one attached hydrogen (secondary N) is 1. The minimum absolute atomic E-state index is 0.0530. The Morgan fingerprint density at radius 1 is 1.47 bits per heavy atom. The van der Waals surface area contributed by atoms with Gasteiger partial charge in [0.2, 0.25) is 10.0 Å². The number of fused-ring (bicyclic) bond motifs is 1. The van der Waals surface area contributed by atoms with Crippen molar-refractivity contribution < 1.29 is 22.7 Å². The number of nitrogens with zero attached hydrogens (tertiary/aromatic N) is 1. The third-order valence-corrected chi connectivity index (χ3v) is 3.07. The molecule has 0 spiro atoms. The van der Waals surface area contributed by atoms with Gasteiger partial charge in [-0.15, -0.1) is 0 Å². The third-order valence-electron chi connectivity index (χ3n) is 2.30. The van der Waals surface area contributed by atoms with E-state index in [-0.39, 0.29) is 23.9 Å². The van der Waals surface area contributed by atoms with Crippen molar-refractivity contribution in [3.63, 3.8) is 0 Å². The predicted molar refractivity (Wildman–Crippen MR) is 67.4 cm³/mol. The first-order valence-corrected chi connectivity index (χ1v) is 6.95. The lowest BCUT2D eigenvalue weighted by Crippen LogP contribution is -2.22. The molecule has 8 nitrogen and oxygen atoms in total. The summed E-state index contributed by atoms with van der Waals surface area (Å²) in [6.07, 6.45) is 0. The maximum atomic E-state index is 10.8. The van der Waals surface area contributed by atoms with Crippen LogP contribution in [0.4, 0.5) is 6.01 Å². The van der Waals surface area contributed by atoms with Gasteiger partial charge in [-0.1, -0.05) is 0 Å². The second kappa shape index (κ2) is 4.86. The SMILES string of the molecule is NS(=O)(=O)CCNc1nc2ccc(C(=O)O)cc2o1. The molecule has 2 aromatic rings. The van der Waals surface area contributed by atoms with Gasteiger partial charge in [-0.25, -0.2) is 18.4 Å². The zero-order valence-corrected chi connectivity index (χ0v) is 10.5. The largest absolute Gasteiger partial charge is 0.478 e. The molecule has 0 unspecified atom stereocenters. The molecule has 0 saturated carbocycles. The number of oxazole rings is 1. The molecule has 1 heterocycles. The highest BCUT2D eigenvalue weighted by Crippen LogP contribution is 2.20. The van der Waals surface area contributed by atoms with Crippen LogP contribution in [-0.4, -0.2) is 36.8 Å². The summed E-state index contributed by atoms with van der Waals surface area (Å²) in [4.78, 5) is 14.8. The van der Waals surface area contributed by atoms with Crippen LogP contribution in [0.3, 0.4) is 0 Å². The summed E-state index contributed by atoms with van der Waals surface area (Å²) in [6, 6.07) is 4.37. The molecule has 0 saturated heterocycles. The molecule has 0 aliphatic rings. The predicted octanol–water partition coefficient (Wildman–Crippen LogP) is 0.226. The number of aromatic nitrogens is 1. The van der Waals surface area contributed by atoms with Gasteiger partial charge >= 0.3 is 5.97 Å². The molecule has 4 N–H and O–H groups in total. The number of nitrogens with two attached hydrogens (primary N) is 1. The van der Waals surface area contributed by atoms with Crippen molar-refractivity contribution in [2.75, 3.05) is 17.6 Å². The second-order valence-corrected chi connectivity index (χ2v) is 5.53. The molecule has 0 aliphatic heterocycles. The van der Waals surface area contributed by atoms with Gasteiger partial charge in [-0.2, -0.15) is 4.98 Å². The van der Waals surface area contributed by atoms with Crippen molar-refractivity contribution in [1.82, 2.24) is 4.98 Å². The number of benzene rings is 1. The van der Waals surface area contributed by atoms with Crippen molar-refractivity contribution in [1.29, 1.82) is 0 Å². The van der Waals surface area contributed by atoms with Crippen molar-refractivity contribution in [2.45, 2.75) is 0 Å². The molecule has 0 amide bonds. The summed E-state index contributed by atoms with van der Waals surface area (Å²) < 4.78 is 26.7. The average Bonchev–Trinajstić information content (AvgIpc) is 2.68. The van der Waals surface area contributed by atoms with Crippen LogP contribution in [0.25, 0.3) is 11.1 Å². The summed E-state index contributed by atoms with van der Waals surface area (Å²) >= 11 is 0. The van der Waals surface area contributed by atoms with Crippen LogP contribution in [0.1, 0.15) is 10.4 Å². The Hall–Kier alpha value is -2.13. The Kier molecular flexibility index (Phi) is 3.40. The molecule has 1 aromatic heterocycles. The molecule has 0 aliphatic carbocycles. The van der Waals surface area contributed by atoms with Gasteiger partial charge in [-0.05, 0) is 18.2 Å². The van der Waals surface area contributed by atoms with Crippen LogP contribution >= 0.6 is 0 Å². The maximum absolute atomic E-state index is 10.8. The number of carbonyl (C=O) groups is 1. The van der Waals surface area contributed by atoms with E-state index in [0.29, 0.717) is 11.1 Å². The summed E-state index contributed by atoms with van der Waals surface area (Å²) in [5, 5.41) is 16.3. The van der Waals surface area contributed by atoms with Crippen LogP contribution in [0.15, 0.2) is 22.6 Å². The van der Waals surface area contributed by atoms with Crippen molar-refractivity contribution in [2.24, 2.45) is 5.14 Å². The van der Waals surface area contributed by atoms with Crippen LogP contribution < -0.4 is 10.5 Å². The molecular weight excluding hydrogens is 274 g/mol. The Bertz CT molecular complexity index is 722. The molecule has 0 atom stereocenters. The van der Waals surface area contributed by atoms with Crippen LogP contribution in [0.2, 0.25) is 0 Å². The van der Waals surface area contributed by atoms with Crippen molar-refractivity contribution in [3.05, 3.63) is 23.8 Å². The number of hydrogen-bond donors (Lipinski definition) is 3. The number of carboxylic acid groups (broad SMARTS) is 1. The van der Waals surface area contributed by atoms with Gasteiger partial charge in [-0.3, -0.25) is 0 Å². The molecule has 1 aromatic carbocycles. The lowest BCUT2D eigenvalue weighted by atomic mass is 10.2. The van der Waals surface area contributed by atoms with Crippen molar-refractivity contribution in [3.8, 4) is 0 Å². The lowest BCUT2D eigenvalue weighted by molar-refractivity contribution is 0.0697. The van der Waals surface area contributed by atoms with E-state index in [4.69, 9.17) is 14.7 Å². The van der Waals surface area contributed by atoms with E-state index in [1.165, 1.54) is 18.2 Å². The number of sulfonamides is 1. The molecule has 9 heteroatoms. The number of anilines is 1. The number of hydrogen-bond acceptors (Lipinski definition) is 6. The topological polar surface area (TPSA) is 136 Å². The van der Waals surface area contributed by atoms with Gasteiger partial charge in [0.05, 0.1) is 11.3 Å². The van der Waals surface area contributed by atoms with Crippen LogP contribution in [0.5, 0.6) is 0 Å². The first-order chi connectivity index (χ1) is 8.85. The molecular formula is C10H11N3O5S. The fourth-order valence-corrected chi connectivity index (χ4v) is 1.82. The van der Waals surface area contributed by atoms with Gasteiger partial charge in [0.15, 0.2) is 5.58 Å². The summed E-state index contributed by atoms with van der Waals surface area (Å²) in [7, 11) is -3.55. The van der Waals surface area contributed by atoms with E-state index >= 15 is 0 Å². The minimum Gasteiger partial charge on any atom is -0.478 e. The Morgan fingerprint density at radius 2 is 2.21 bits per heavy atom. The molecule has 2 rings (SSSR count). The Balaban J connectivity index is 2.15. The molecule has 102 valence electrons. The van der Waals surface area contributed by atoms with Crippen LogP contribution in [0, 0.1) is 0 Å². The van der Waals surface area contributed by atoms with Crippen molar-refractivity contribution >= 4 is 33.1 Å². The highest BCUT2D eigenvalue weighted by atomic mass is 32.2. The number of rotatable bonds is 5. The number of carboxylic acids is 1.